The lowest BCUT2D eigenvalue weighted by molar-refractivity contribution is -0.115. The van der Waals surface area contributed by atoms with Crippen LogP contribution in [0.2, 0.25) is 0 Å². The van der Waals surface area contributed by atoms with Gasteiger partial charge in [0.05, 0.1) is 12.1 Å². The smallest absolute Gasteiger partial charge is 0.142 e. The molecule has 0 aromatic heterocycles. The van der Waals surface area contributed by atoms with Crippen LogP contribution in [0.1, 0.15) is 13.8 Å². The molecular weight excluding hydrogens is 118 g/mol. The molecule has 54 valence electrons. The molecule has 3 heteroatoms. The average molecular weight is 131 g/mol. The molecule has 0 aliphatic heterocycles. The summed E-state index contributed by atoms with van der Waals surface area (Å²) in [7, 11) is 0. The predicted molar refractivity (Wildman–Crippen MR) is 34.9 cm³/mol. The minimum Gasteiger partial charge on any atom is -0.394 e. The molecule has 0 rings (SSSR count). The van der Waals surface area contributed by atoms with Crippen molar-refractivity contribution in [3.63, 3.8) is 0 Å². The maximum atomic E-state index is 10.2. The molecule has 3 nitrogen and oxygen atoms in total. The van der Waals surface area contributed by atoms with Crippen molar-refractivity contribution in [3.05, 3.63) is 0 Å². The Hall–Kier alpha value is -0.410. The fraction of sp³-hybridized carbons (Fsp3) is 0.833. The van der Waals surface area contributed by atoms with Crippen LogP contribution in [0.25, 0.3) is 0 Å². The van der Waals surface area contributed by atoms with Crippen LogP contribution >= 0.6 is 0 Å². The summed E-state index contributed by atoms with van der Waals surface area (Å²) in [6, 6.07) is 0. The number of hydrogen-bond donors (Lipinski definition) is 2. The number of aliphatic hydroxyl groups excluding tert-OH is 1. The average Bonchev–Trinajstić information content (AvgIpc) is 1.86. The Kier molecular flexibility index (Phi) is 2.81. The van der Waals surface area contributed by atoms with Crippen molar-refractivity contribution in [2.45, 2.75) is 19.4 Å². The lowest BCUT2D eigenvalue weighted by Gasteiger charge is -2.23. The number of carbonyl (C=O) groups excluding carboxylic acids is 1. The van der Waals surface area contributed by atoms with E-state index in [1.807, 2.05) is 0 Å². The SMILES string of the molecule is CC(C)C(N)(C=O)CO. The molecule has 0 radical (unpaired) electrons. The van der Waals surface area contributed by atoms with Crippen LogP contribution in [-0.4, -0.2) is 23.5 Å². The lowest BCUT2D eigenvalue weighted by Crippen LogP contribution is -2.50. The van der Waals surface area contributed by atoms with Gasteiger partial charge >= 0.3 is 0 Å². The van der Waals surface area contributed by atoms with Crippen LogP contribution in [0.5, 0.6) is 0 Å². The van der Waals surface area contributed by atoms with E-state index in [4.69, 9.17) is 10.8 Å². The summed E-state index contributed by atoms with van der Waals surface area (Å²) in [6.45, 7) is 3.31. The van der Waals surface area contributed by atoms with Crippen molar-refractivity contribution >= 4 is 6.29 Å². The van der Waals surface area contributed by atoms with Crippen molar-refractivity contribution in [1.82, 2.24) is 0 Å². The Morgan fingerprint density at radius 1 is 1.78 bits per heavy atom. The quantitative estimate of drug-likeness (QED) is 0.509. The third kappa shape index (κ3) is 1.77. The molecule has 9 heavy (non-hydrogen) atoms. The Morgan fingerprint density at radius 2 is 2.22 bits per heavy atom. The molecule has 0 aromatic rings. The van der Waals surface area contributed by atoms with Gasteiger partial charge in [0, 0.05) is 0 Å². The second-order valence-corrected chi connectivity index (χ2v) is 2.54. The molecule has 0 fully saturated rings. The second kappa shape index (κ2) is 2.94. The Labute approximate surface area is 54.9 Å². The van der Waals surface area contributed by atoms with Crippen LogP contribution in [0.3, 0.4) is 0 Å². The molecular formula is C6H13NO2. The Bertz CT molecular complexity index is 103. The highest BCUT2D eigenvalue weighted by molar-refractivity contribution is 5.64. The highest BCUT2D eigenvalue weighted by atomic mass is 16.3. The van der Waals surface area contributed by atoms with E-state index in [2.05, 4.69) is 0 Å². The minimum absolute atomic E-state index is 0.0139. The van der Waals surface area contributed by atoms with Crippen molar-refractivity contribution < 1.29 is 9.90 Å². The third-order valence-electron chi connectivity index (χ3n) is 1.57. The molecule has 0 aliphatic rings. The van der Waals surface area contributed by atoms with E-state index in [9.17, 15) is 4.79 Å². The van der Waals surface area contributed by atoms with Gasteiger partial charge in [0.25, 0.3) is 0 Å². The Morgan fingerprint density at radius 3 is 2.22 bits per heavy atom. The van der Waals surface area contributed by atoms with Gasteiger partial charge in [0.15, 0.2) is 0 Å². The van der Waals surface area contributed by atoms with Gasteiger partial charge in [-0.05, 0) is 5.92 Å². The van der Waals surface area contributed by atoms with Gasteiger partial charge < -0.3 is 15.6 Å². The van der Waals surface area contributed by atoms with E-state index in [0.29, 0.717) is 6.29 Å². The van der Waals surface area contributed by atoms with E-state index in [1.165, 1.54) is 0 Å². The predicted octanol–water partition coefficient (Wildman–Crippen LogP) is -0.469. The van der Waals surface area contributed by atoms with Crippen LogP contribution in [0.15, 0.2) is 0 Å². The molecule has 0 saturated carbocycles. The zero-order valence-electron chi connectivity index (χ0n) is 5.79. The summed E-state index contributed by atoms with van der Waals surface area (Å²) in [4.78, 5) is 10.2. The van der Waals surface area contributed by atoms with Gasteiger partial charge in [-0.15, -0.1) is 0 Å². The van der Waals surface area contributed by atoms with Crippen molar-refractivity contribution in [3.8, 4) is 0 Å². The van der Waals surface area contributed by atoms with E-state index >= 15 is 0 Å². The topological polar surface area (TPSA) is 63.3 Å². The van der Waals surface area contributed by atoms with E-state index in [-0.39, 0.29) is 12.5 Å². The first-order valence-electron chi connectivity index (χ1n) is 2.93. The summed E-state index contributed by atoms with van der Waals surface area (Å²) < 4.78 is 0. The first kappa shape index (κ1) is 8.59. The molecule has 0 amide bonds. The number of carbonyl (C=O) groups is 1. The number of rotatable bonds is 3. The highest BCUT2D eigenvalue weighted by Gasteiger charge is 2.26. The summed E-state index contributed by atoms with van der Waals surface area (Å²) in [5, 5.41) is 8.60. The van der Waals surface area contributed by atoms with E-state index in [1.54, 1.807) is 13.8 Å². The number of aliphatic hydroxyl groups is 1. The van der Waals surface area contributed by atoms with Gasteiger partial charge in [-0.1, -0.05) is 13.8 Å². The van der Waals surface area contributed by atoms with Crippen molar-refractivity contribution in [2.24, 2.45) is 11.7 Å². The molecule has 0 saturated heterocycles. The second-order valence-electron chi connectivity index (χ2n) is 2.54. The van der Waals surface area contributed by atoms with Gasteiger partial charge in [0.1, 0.15) is 6.29 Å². The summed E-state index contributed by atoms with van der Waals surface area (Å²) in [5.41, 5.74) is 4.38. The number of aldehydes is 1. The first-order chi connectivity index (χ1) is 4.06. The zero-order valence-corrected chi connectivity index (χ0v) is 5.79. The summed E-state index contributed by atoms with van der Waals surface area (Å²) >= 11 is 0. The molecule has 1 unspecified atom stereocenters. The van der Waals surface area contributed by atoms with Crippen LogP contribution in [0, 0.1) is 5.92 Å². The van der Waals surface area contributed by atoms with Crippen molar-refractivity contribution in [1.29, 1.82) is 0 Å². The highest BCUT2D eigenvalue weighted by Crippen LogP contribution is 2.08. The summed E-state index contributed by atoms with van der Waals surface area (Å²) in [6.07, 6.45) is 0.595. The van der Waals surface area contributed by atoms with Gasteiger partial charge in [-0.2, -0.15) is 0 Å². The zero-order chi connectivity index (χ0) is 7.49. The minimum atomic E-state index is -1.04. The monoisotopic (exact) mass is 131 g/mol. The molecule has 0 aromatic carbocycles. The fourth-order valence-corrected chi connectivity index (χ4v) is 0.356. The van der Waals surface area contributed by atoms with Gasteiger partial charge in [-0.25, -0.2) is 0 Å². The first-order valence-corrected chi connectivity index (χ1v) is 2.93. The molecule has 0 aliphatic carbocycles. The Balaban J connectivity index is 4.08. The molecule has 0 spiro atoms. The van der Waals surface area contributed by atoms with Crippen molar-refractivity contribution in [2.75, 3.05) is 6.61 Å². The molecule has 3 N–H and O–H groups in total. The normalized spacial score (nSPS) is 17.4. The maximum absolute atomic E-state index is 10.2. The van der Waals surface area contributed by atoms with Crippen LogP contribution < -0.4 is 5.73 Å². The van der Waals surface area contributed by atoms with E-state index in [0.717, 1.165) is 0 Å². The standard InChI is InChI=1S/C6H13NO2/c1-5(2)6(7,3-8)4-9/h3,5,9H,4,7H2,1-2H3. The molecule has 1 atom stereocenters. The van der Waals surface area contributed by atoms with Gasteiger partial charge in [-0.3, -0.25) is 0 Å². The largest absolute Gasteiger partial charge is 0.394 e. The molecule has 0 heterocycles. The van der Waals surface area contributed by atoms with Crippen LogP contribution in [0.4, 0.5) is 0 Å². The van der Waals surface area contributed by atoms with Gasteiger partial charge in [0.2, 0.25) is 0 Å². The lowest BCUT2D eigenvalue weighted by atomic mass is 9.90. The fourth-order valence-electron chi connectivity index (χ4n) is 0.356. The number of nitrogens with two attached hydrogens (primary N) is 1. The van der Waals surface area contributed by atoms with E-state index < -0.39 is 5.54 Å². The summed E-state index contributed by atoms with van der Waals surface area (Å²) in [5.74, 6) is -0.0139. The number of hydrogen-bond acceptors (Lipinski definition) is 3. The maximum Gasteiger partial charge on any atom is 0.142 e. The third-order valence-corrected chi connectivity index (χ3v) is 1.57. The molecule has 0 bridgehead atoms. The van der Waals surface area contributed by atoms with Crippen LogP contribution in [-0.2, 0) is 4.79 Å².